The molecule has 0 bridgehead atoms. The smallest absolute Gasteiger partial charge is 0.0991 e. The first-order valence-corrected chi connectivity index (χ1v) is 4.02. The fourth-order valence-electron chi connectivity index (χ4n) is 1.17. The van der Waals surface area contributed by atoms with Crippen LogP contribution in [0.5, 0.6) is 0 Å². The quantitative estimate of drug-likeness (QED) is 0.423. The molecule has 1 N–H and O–H groups in total. The summed E-state index contributed by atoms with van der Waals surface area (Å²) < 4.78 is 0. The summed E-state index contributed by atoms with van der Waals surface area (Å²) in [6.45, 7) is 1.99. The first-order chi connectivity index (χ1) is 6.31. The average Bonchev–Trinajstić information content (AvgIpc) is 2.19. The van der Waals surface area contributed by atoms with E-state index in [9.17, 15) is 0 Å². The summed E-state index contributed by atoms with van der Waals surface area (Å²) >= 11 is 0. The van der Waals surface area contributed by atoms with Gasteiger partial charge in [-0.05, 0) is 29.7 Å². The van der Waals surface area contributed by atoms with Gasteiger partial charge in [0.05, 0.1) is 17.8 Å². The number of benzene rings is 1. The number of oxime groups is 1. The van der Waals surface area contributed by atoms with E-state index in [2.05, 4.69) is 11.2 Å². The van der Waals surface area contributed by atoms with Crippen LogP contribution in [-0.4, -0.2) is 11.4 Å². The highest BCUT2D eigenvalue weighted by atomic mass is 16.4. The maximum absolute atomic E-state index is 8.65. The Labute approximate surface area is 76.9 Å². The van der Waals surface area contributed by atoms with Crippen molar-refractivity contribution in [3.8, 4) is 6.07 Å². The van der Waals surface area contributed by atoms with Crippen molar-refractivity contribution in [2.45, 2.75) is 13.3 Å². The predicted molar refractivity (Wildman–Crippen MR) is 49.9 cm³/mol. The van der Waals surface area contributed by atoms with Crippen LogP contribution in [0.1, 0.15) is 23.6 Å². The molecular formula is C10H10N2O. The molecule has 0 aliphatic rings. The molecule has 13 heavy (non-hydrogen) atoms. The molecule has 0 atom stereocenters. The summed E-state index contributed by atoms with van der Waals surface area (Å²) in [4.78, 5) is 0. The number of nitriles is 1. The van der Waals surface area contributed by atoms with Crippen molar-refractivity contribution in [3.05, 3.63) is 34.9 Å². The van der Waals surface area contributed by atoms with Gasteiger partial charge in [-0.25, -0.2) is 0 Å². The highest BCUT2D eigenvalue weighted by Crippen LogP contribution is 2.10. The Kier molecular flexibility index (Phi) is 3.04. The molecule has 0 spiro atoms. The van der Waals surface area contributed by atoms with Crippen LogP contribution in [0.15, 0.2) is 23.4 Å². The zero-order chi connectivity index (χ0) is 9.68. The van der Waals surface area contributed by atoms with Crippen LogP contribution in [-0.2, 0) is 6.42 Å². The Hall–Kier alpha value is -1.82. The maximum Gasteiger partial charge on any atom is 0.0991 e. The molecular weight excluding hydrogens is 164 g/mol. The highest BCUT2D eigenvalue weighted by molar-refractivity contribution is 5.81. The van der Waals surface area contributed by atoms with Gasteiger partial charge in [0, 0.05) is 0 Å². The monoisotopic (exact) mass is 174 g/mol. The second-order valence-corrected chi connectivity index (χ2v) is 2.62. The molecule has 0 fully saturated rings. The zero-order valence-electron chi connectivity index (χ0n) is 7.36. The van der Waals surface area contributed by atoms with E-state index in [1.807, 2.05) is 6.92 Å². The lowest BCUT2D eigenvalue weighted by molar-refractivity contribution is 0.322. The van der Waals surface area contributed by atoms with E-state index in [0.717, 1.165) is 17.5 Å². The van der Waals surface area contributed by atoms with Crippen LogP contribution in [0.25, 0.3) is 0 Å². The zero-order valence-corrected chi connectivity index (χ0v) is 7.36. The molecule has 1 rings (SSSR count). The van der Waals surface area contributed by atoms with Gasteiger partial charge in [0.2, 0.25) is 0 Å². The molecule has 3 heteroatoms. The SMILES string of the molecule is CCc1cc(C#N)ccc1C=NO. The summed E-state index contributed by atoms with van der Waals surface area (Å²) in [5, 5.41) is 20.0. The third kappa shape index (κ3) is 2.06. The molecule has 0 radical (unpaired) electrons. The normalized spacial score (nSPS) is 10.2. The molecule has 0 saturated heterocycles. The summed E-state index contributed by atoms with van der Waals surface area (Å²) in [6, 6.07) is 7.35. The van der Waals surface area contributed by atoms with Crippen LogP contribution < -0.4 is 0 Å². The summed E-state index contributed by atoms with van der Waals surface area (Å²) in [5.74, 6) is 0. The van der Waals surface area contributed by atoms with Crippen LogP contribution in [0.3, 0.4) is 0 Å². The van der Waals surface area contributed by atoms with Crippen molar-refractivity contribution in [2.75, 3.05) is 0 Å². The van der Waals surface area contributed by atoms with E-state index in [1.54, 1.807) is 18.2 Å². The standard InChI is InChI=1S/C10H10N2O/c1-2-9-5-8(6-11)3-4-10(9)7-12-13/h3-5,7,13H,2H2,1H3. The van der Waals surface area contributed by atoms with Gasteiger partial charge in [-0.3, -0.25) is 0 Å². The second-order valence-electron chi connectivity index (χ2n) is 2.62. The minimum absolute atomic E-state index is 0.631. The number of aryl methyl sites for hydroxylation is 1. The molecule has 0 aliphatic carbocycles. The van der Waals surface area contributed by atoms with E-state index in [4.69, 9.17) is 10.5 Å². The van der Waals surface area contributed by atoms with Crippen molar-refractivity contribution >= 4 is 6.21 Å². The van der Waals surface area contributed by atoms with E-state index in [0.29, 0.717) is 5.56 Å². The molecule has 0 amide bonds. The Morgan fingerprint density at radius 3 is 2.92 bits per heavy atom. The van der Waals surface area contributed by atoms with Crippen LogP contribution in [0.2, 0.25) is 0 Å². The largest absolute Gasteiger partial charge is 0.411 e. The van der Waals surface area contributed by atoms with Crippen molar-refractivity contribution in [3.63, 3.8) is 0 Å². The van der Waals surface area contributed by atoms with Crippen molar-refractivity contribution < 1.29 is 5.21 Å². The molecule has 1 aromatic carbocycles. The fourth-order valence-corrected chi connectivity index (χ4v) is 1.17. The molecule has 0 aliphatic heterocycles. The van der Waals surface area contributed by atoms with Crippen LogP contribution >= 0.6 is 0 Å². The first kappa shape index (κ1) is 9.27. The van der Waals surface area contributed by atoms with E-state index in [1.165, 1.54) is 6.21 Å². The van der Waals surface area contributed by atoms with Gasteiger partial charge in [0.15, 0.2) is 0 Å². The van der Waals surface area contributed by atoms with Gasteiger partial charge in [0.25, 0.3) is 0 Å². The molecule has 3 nitrogen and oxygen atoms in total. The highest BCUT2D eigenvalue weighted by Gasteiger charge is 1.99. The molecule has 0 unspecified atom stereocenters. The topological polar surface area (TPSA) is 56.4 Å². The van der Waals surface area contributed by atoms with Gasteiger partial charge in [-0.15, -0.1) is 0 Å². The third-order valence-corrected chi connectivity index (χ3v) is 1.85. The Morgan fingerprint density at radius 1 is 1.62 bits per heavy atom. The van der Waals surface area contributed by atoms with Crippen LogP contribution in [0, 0.1) is 11.3 Å². The number of rotatable bonds is 2. The first-order valence-electron chi connectivity index (χ1n) is 4.02. The lowest BCUT2D eigenvalue weighted by Crippen LogP contribution is -1.92. The van der Waals surface area contributed by atoms with E-state index >= 15 is 0 Å². The Bertz CT molecular complexity index is 364. The minimum atomic E-state index is 0.631. The van der Waals surface area contributed by atoms with Gasteiger partial charge in [-0.2, -0.15) is 5.26 Å². The second kappa shape index (κ2) is 4.27. The molecule has 0 aromatic heterocycles. The average molecular weight is 174 g/mol. The predicted octanol–water partition coefficient (Wildman–Crippen LogP) is 1.93. The fraction of sp³-hybridized carbons (Fsp3) is 0.200. The van der Waals surface area contributed by atoms with Crippen molar-refractivity contribution in [2.24, 2.45) is 5.16 Å². The molecule has 66 valence electrons. The van der Waals surface area contributed by atoms with Crippen molar-refractivity contribution in [1.82, 2.24) is 0 Å². The molecule has 0 heterocycles. The minimum Gasteiger partial charge on any atom is -0.411 e. The van der Waals surface area contributed by atoms with E-state index < -0.39 is 0 Å². The Balaban J connectivity index is 3.17. The maximum atomic E-state index is 8.65. The summed E-state index contributed by atoms with van der Waals surface area (Å²) in [6.07, 6.45) is 2.19. The van der Waals surface area contributed by atoms with Gasteiger partial charge in [0.1, 0.15) is 0 Å². The summed E-state index contributed by atoms with van der Waals surface area (Å²) in [5.41, 5.74) is 2.49. The molecule has 1 aromatic rings. The van der Waals surface area contributed by atoms with E-state index in [-0.39, 0.29) is 0 Å². The number of hydrogen-bond acceptors (Lipinski definition) is 3. The van der Waals surface area contributed by atoms with Gasteiger partial charge < -0.3 is 5.21 Å². The Morgan fingerprint density at radius 2 is 2.38 bits per heavy atom. The van der Waals surface area contributed by atoms with Gasteiger partial charge in [-0.1, -0.05) is 18.1 Å². The summed E-state index contributed by atoms with van der Waals surface area (Å²) in [7, 11) is 0. The lowest BCUT2D eigenvalue weighted by atomic mass is 10.0. The molecule has 0 saturated carbocycles. The van der Waals surface area contributed by atoms with Crippen LogP contribution in [0.4, 0.5) is 0 Å². The third-order valence-electron chi connectivity index (χ3n) is 1.85. The van der Waals surface area contributed by atoms with Crippen molar-refractivity contribution in [1.29, 1.82) is 5.26 Å². The number of nitrogens with zero attached hydrogens (tertiary/aromatic N) is 2. The number of hydrogen-bond donors (Lipinski definition) is 1. The van der Waals surface area contributed by atoms with Gasteiger partial charge >= 0.3 is 0 Å². The lowest BCUT2D eigenvalue weighted by Gasteiger charge is -2.01.